The minimum absolute atomic E-state index is 0.250. The van der Waals surface area contributed by atoms with Gasteiger partial charge in [0.2, 0.25) is 5.95 Å². The van der Waals surface area contributed by atoms with Crippen molar-refractivity contribution in [3.05, 3.63) is 75.4 Å². The number of halogens is 2. The van der Waals surface area contributed by atoms with Crippen molar-refractivity contribution in [2.45, 2.75) is 0 Å². The zero-order valence-corrected chi connectivity index (χ0v) is 14.7. The normalized spacial score (nSPS) is 10.8. The number of anilines is 2. The van der Waals surface area contributed by atoms with Gasteiger partial charge in [0, 0.05) is 34.3 Å². The van der Waals surface area contributed by atoms with E-state index in [4.69, 9.17) is 23.2 Å². The molecule has 0 saturated carbocycles. The van der Waals surface area contributed by atoms with Crippen molar-refractivity contribution < 1.29 is 0 Å². The first-order valence-corrected chi connectivity index (χ1v) is 8.38. The number of aromatic amines is 1. The molecular weight excluding hydrogens is 373 g/mol. The lowest BCUT2D eigenvalue weighted by atomic mass is 10.1. The van der Waals surface area contributed by atoms with Crippen LogP contribution >= 0.6 is 23.2 Å². The third-order valence-electron chi connectivity index (χ3n) is 3.72. The molecule has 0 aliphatic carbocycles. The maximum absolute atomic E-state index is 12.7. The van der Waals surface area contributed by atoms with Gasteiger partial charge in [0.1, 0.15) is 0 Å². The Bertz CT molecular complexity index is 1140. The summed E-state index contributed by atoms with van der Waals surface area (Å²) in [5.74, 6) is 0.250. The van der Waals surface area contributed by atoms with E-state index in [0.717, 1.165) is 11.1 Å². The average molecular weight is 384 g/mol. The Morgan fingerprint density at radius 2 is 1.69 bits per heavy atom. The van der Waals surface area contributed by atoms with Gasteiger partial charge >= 0.3 is 0 Å². The van der Waals surface area contributed by atoms with Crippen molar-refractivity contribution in [3.8, 4) is 11.1 Å². The van der Waals surface area contributed by atoms with Gasteiger partial charge < -0.3 is 5.32 Å². The van der Waals surface area contributed by atoms with Gasteiger partial charge in [-0.25, -0.2) is 4.98 Å². The summed E-state index contributed by atoms with van der Waals surface area (Å²) in [6, 6.07) is 10.4. The highest BCUT2D eigenvalue weighted by Gasteiger charge is 2.11. The average Bonchev–Trinajstić information content (AvgIpc) is 2.61. The van der Waals surface area contributed by atoms with Gasteiger partial charge in [-0.1, -0.05) is 23.2 Å². The highest BCUT2D eigenvalue weighted by Crippen LogP contribution is 2.26. The summed E-state index contributed by atoms with van der Waals surface area (Å²) < 4.78 is 0. The van der Waals surface area contributed by atoms with Crippen LogP contribution in [0.4, 0.5) is 11.6 Å². The Labute approximate surface area is 157 Å². The minimum Gasteiger partial charge on any atom is -0.326 e. The van der Waals surface area contributed by atoms with Gasteiger partial charge in [0.25, 0.3) is 5.56 Å². The maximum Gasteiger partial charge on any atom is 0.262 e. The summed E-state index contributed by atoms with van der Waals surface area (Å²) in [5, 5.41) is 4.35. The quantitative estimate of drug-likeness (QED) is 0.546. The predicted octanol–water partition coefficient (Wildman–Crippen LogP) is 4.43. The van der Waals surface area contributed by atoms with Crippen LogP contribution in [0.2, 0.25) is 10.0 Å². The van der Waals surface area contributed by atoms with Crippen molar-refractivity contribution >= 4 is 45.9 Å². The number of benzene rings is 1. The number of nitrogens with zero attached hydrogens (tertiary/aromatic N) is 3. The molecule has 0 amide bonds. The predicted molar refractivity (Wildman–Crippen MR) is 103 cm³/mol. The standard InChI is InChI=1S/C18H11Cl2N5O/c19-11-7-12(20)9-13(8-11)23-18-24-16-15(17(26)25-18)14(3-6-22-16)10-1-4-21-5-2-10/h1-9H,(H2,22,23,24,25,26). The van der Waals surface area contributed by atoms with E-state index in [1.54, 1.807) is 42.9 Å². The molecule has 1 aromatic carbocycles. The van der Waals surface area contributed by atoms with Crippen LogP contribution in [0.5, 0.6) is 0 Å². The van der Waals surface area contributed by atoms with Gasteiger partial charge in [-0.05, 0) is 47.5 Å². The molecule has 0 unspecified atom stereocenters. The molecule has 0 saturated heterocycles. The van der Waals surface area contributed by atoms with E-state index in [2.05, 4.69) is 25.3 Å². The first-order valence-electron chi connectivity index (χ1n) is 7.63. The Morgan fingerprint density at radius 3 is 2.42 bits per heavy atom. The van der Waals surface area contributed by atoms with Crippen LogP contribution < -0.4 is 10.9 Å². The number of hydrogen-bond donors (Lipinski definition) is 2. The van der Waals surface area contributed by atoms with Crippen molar-refractivity contribution in [1.29, 1.82) is 0 Å². The number of H-pyrrole nitrogens is 1. The fraction of sp³-hybridized carbons (Fsp3) is 0. The molecule has 0 aliphatic rings. The van der Waals surface area contributed by atoms with Gasteiger partial charge in [0.05, 0.1) is 5.39 Å². The number of fused-ring (bicyclic) bond motifs is 1. The lowest BCUT2D eigenvalue weighted by Gasteiger charge is -2.09. The monoisotopic (exact) mass is 383 g/mol. The summed E-state index contributed by atoms with van der Waals surface area (Å²) in [4.78, 5) is 28.0. The van der Waals surface area contributed by atoms with E-state index in [1.165, 1.54) is 0 Å². The Morgan fingerprint density at radius 1 is 0.962 bits per heavy atom. The second-order valence-electron chi connectivity index (χ2n) is 5.49. The molecule has 0 aliphatic heterocycles. The van der Waals surface area contributed by atoms with Crippen LogP contribution in [0.15, 0.2) is 59.8 Å². The molecular formula is C18H11Cl2N5O. The zero-order valence-electron chi connectivity index (χ0n) is 13.2. The molecule has 0 atom stereocenters. The maximum atomic E-state index is 12.7. The van der Waals surface area contributed by atoms with Crippen LogP contribution in [0.1, 0.15) is 0 Å². The van der Waals surface area contributed by atoms with Crippen molar-refractivity contribution in [2.75, 3.05) is 5.32 Å². The smallest absolute Gasteiger partial charge is 0.262 e. The molecule has 3 aromatic heterocycles. The third-order valence-corrected chi connectivity index (χ3v) is 4.16. The molecule has 0 fully saturated rings. The van der Waals surface area contributed by atoms with Gasteiger partial charge in [-0.3, -0.25) is 14.8 Å². The summed E-state index contributed by atoms with van der Waals surface area (Å²) >= 11 is 12.0. The van der Waals surface area contributed by atoms with Crippen LogP contribution in [0, 0.1) is 0 Å². The molecule has 128 valence electrons. The lowest BCUT2D eigenvalue weighted by molar-refractivity contribution is 1.14. The fourth-order valence-electron chi connectivity index (χ4n) is 2.66. The summed E-state index contributed by atoms with van der Waals surface area (Å²) in [5.41, 5.74) is 2.24. The largest absolute Gasteiger partial charge is 0.326 e. The van der Waals surface area contributed by atoms with Crippen LogP contribution in [-0.4, -0.2) is 19.9 Å². The summed E-state index contributed by atoms with van der Waals surface area (Å²) in [6.45, 7) is 0. The number of pyridine rings is 2. The molecule has 0 bridgehead atoms. The summed E-state index contributed by atoms with van der Waals surface area (Å²) in [7, 11) is 0. The van der Waals surface area contributed by atoms with E-state index in [-0.39, 0.29) is 11.5 Å². The molecule has 0 spiro atoms. The molecule has 6 nitrogen and oxygen atoms in total. The Hall–Kier alpha value is -2.96. The Balaban J connectivity index is 1.82. The van der Waals surface area contributed by atoms with Gasteiger partial charge in [-0.15, -0.1) is 0 Å². The molecule has 8 heteroatoms. The fourth-order valence-corrected chi connectivity index (χ4v) is 3.18. The van der Waals surface area contributed by atoms with Crippen LogP contribution in [0.3, 0.4) is 0 Å². The second-order valence-corrected chi connectivity index (χ2v) is 6.36. The SMILES string of the molecule is O=c1[nH]c(Nc2cc(Cl)cc(Cl)c2)nc2nccc(-c3ccncc3)c12. The number of hydrogen-bond acceptors (Lipinski definition) is 5. The van der Waals surface area contributed by atoms with E-state index < -0.39 is 0 Å². The van der Waals surface area contributed by atoms with Gasteiger partial charge in [0.15, 0.2) is 5.65 Å². The first kappa shape index (κ1) is 16.5. The zero-order chi connectivity index (χ0) is 18.1. The number of rotatable bonds is 3. The lowest BCUT2D eigenvalue weighted by Crippen LogP contribution is -2.13. The van der Waals surface area contributed by atoms with E-state index in [1.807, 2.05) is 12.1 Å². The van der Waals surface area contributed by atoms with E-state index in [9.17, 15) is 4.79 Å². The first-order chi connectivity index (χ1) is 12.6. The van der Waals surface area contributed by atoms with Crippen molar-refractivity contribution in [3.63, 3.8) is 0 Å². The second kappa shape index (κ2) is 6.74. The molecule has 0 radical (unpaired) electrons. The third kappa shape index (κ3) is 3.24. The van der Waals surface area contributed by atoms with Gasteiger partial charge in [-0.2, -0.15) is 4.98 Å². The van der Waals surface area contributed by atoms with Crippen LogP contribution in [-0.2, 0) is 0 Å². The van der Waals surface area contributed by atoms with Crippen molar-refractivity contribution in [1.82, 2.24) is 19.9 Å². The Kier molecular flexibility index (Phi) is 4.28. The van der Waals surface area contributed by atoms with Crippen molar-refractivity contribution in [2.24, 2.45) is 0 Å². The number of aromatic nitrogens is 4. The molecule has 26 heavy (non-hydrogen) atoms. The van der Waals surface area contributed by atoms with E-state index >= 15 is 0 Å². The highest BCUT2D eigenvalue weighted by atomic mass is 35.5. The molecule has 2 N–H and O–H groups in total. The molecule has 4 aromatic rings. The highest BCUT2D eigenvalue weighted by molar-refractivity contribution is 6.35. The van der Waals surface area contributed by atoms with E-state index in [0.29, 0.717) is 26.8 Å². The summed E-state index contributed by atoms with van der Waals surface area (Å²) in [6.07, 6.45) is 4.95. The number of nitrogens with one attached hydrogen (secondary N) is 2. The molecule has 3 heterocycles. The minimum atomic E-state index is -0.300. The van der Waals surface area contributed by atoms with Crippen LogP contribution in [0.25, 0.3) is 22.2 Å². The topological polar surface area (TPSA) is 83.6 Å². The molecule has 4 rings (SSSR count).